The number of amides is 1. The Kier molecular flexibility index (Phi) is 8.34. The molecule has 1 amide bonds. The number of rotatable bonds is 8. The Bertz CT molecular complexity index is 1770. The number of nitrogens with zero attached hydrogens (tertiary/aromatic N) is 1. The fourth-order valence-electron chi connectivity index (χ4n) is 6.27. The summed E-state index contributed by atoms with van der Waals surface area (Å²) in [4.78, 5) is 14.8. The first-order chi connectivity index (χ1) is 20.2. The normalized spacial score (nSPS) is 23.5. The number of aromatic hydroxyl groups is 1. The molecular weight excluding hydrogens is 570 g/mol. The molecule has 0 fully saturated rings. The van der Waals surface area contributed by atoms with Crippen LogP contribution in [0.3, 0.4) is 0 Å². The Morgan fingerprint density at radius 1 is 1.07 bits per heavy atom. The first-order valence-electron chi connectivity index (χ1n) is 14.5. The number of benzene rings is 2. The zero-order valence-electron chi connectivity index (χ0n) is 24.9. The Labute approximate surface area is 251 Å². The van der Waals surface area contributed by atoms with E-state index >= 15 is 0 Å². The van der Waals surface area contributed by atoms with Gasteiger partial charge < -0.3 is 25.0 Å². The summed E-state index contributed by atoms with van der Waals surface area (Å²) in [7, 11) is -4.59. The van der Waals surface area contributed by atoms with Gasteiger partial charge in [0.2, 0.25) is 0 Å². The maximum atomic E-state index is 13.8. The van der Waals surface area contributed by atoms with Gasteiger partial charge in [0.25, 0.3) is 16.0 Å². The van der Waals surface area contributed by atoms with Crippen LogP contribution < -0.4 is 15.2 Å². The molecule has 0 saturated carbocycles. The highest BCUT2D eigenvalue weighted by Gasteiger charge is 2.45. The minimum Gasteiger partial charge on any atom is -0.508 e. The molecule has 230 valence electrons. The van der Waals surface area contributed by atoms with Crippen molar-refractivity contribution in [2.45, 2.75) is 90.6 Å². The molecule has 0 saturated heterocycles. The highest BCUT2D eigenvalue weighted by atomic mass is 32.2. The molecule has 0 aromatic heterocycles. The van der Waals surface area contributed by atoms with Gasteiger partial charge in [0.05, 0.1) is 34.9 Å². The Morgan fingerprint density at radius 3 is 2.44 bits per heavy atom. The van der Waals surface area contributed by atoms with Gasteiger partial charge in [-0.05, 0) is 59.4 Å². The summed E-state index contributed by atoms with van der Waals surface area (Å²) in [6.45, 7) is 8.10. The van der Waals surface area contributed by atoms with Crippen molar-refractivity contribution in [1.29, 1.82) is 0 Å². The van der Waals surface area contributed by atoms with Gasteiger partial charge in [-0.1, -0.05) is 47.6 Å². The maximum Gasteiger partial charge on any atom is 0.291 e. The van der Waals surface area contributed by atoms with Gasteiger partial charge in [0.15, 0.2) is 0 Å². The van der Waals surface area contributed by atoms with Gasteiger partial charge in [-0.3, -0.25) is 9.35 Å². The number of phenolic OH excluding ortho intramolecular Hbond substituents is 1. The minimum absolute atomic E-state index is 0.0221. The molecule has 0 bridgehead atoms. The largest absolute Gasteiger partial charge is 0.508 e. The molecule has 43 heavy (non-hydrogen) atoms. The lowest BCUT2D eigenvalue weighted by Crippen LogP contribution is -2.49. The van der Waals surface area contributed by atoms with Crippen molar-refractivity contribution >= 4 is 26.6 Å². The van der Waals surface area contributed by atoms with Crippen molar-refractivity contribution in [2.24, 2.45) is 0 Å². The molecule has 2 aromatic carbocycles. The second kappa shape index (κ2) is 11.6. The molecule has 1 aliphatic carbocycles. The molecule has 2 aromatic rings. The van der Waals surface area contributed by atoms with E-state index in [1.54, 1.807) is 18.2 Å². The molecule has 5 rings (SSSR count). The Hall–Kier alpha value is -3.44. The van der Waals surface area contributed by atoms with E-state index in [0.29, 0.717) is 34.9 Å². The first kappa shape index (κ1) is 31.0. The highest BCUT2D eigenvalue weighted by molar-refractivity contribution is 7.95. The summed E-state index contributed by atoms with van der Waals surface area (Å²) in [5.74, 6) is -0.275. The van der Waals surface area contributed by atoms with E-state index in [1.807, 2.05) is 6.92 Å². The number of ether oxygens (including phenoxy) is 1. The van der Waals surface area contributed by atoms with Crippen LogP contribution in [0.15, 0.2) is 53.6 Å². The number of allylic oxidation sites excluding steroid dienone is 4. The van der Waals surface area contributed by atoms with E-state index < -0.39 is 40.3 Å². The number of aliphatic hydroxyl groups is 2. The zero-order chi connectivity index (χ0) is 31.3. The fourth-order valence-corrected chi connectivity index (χ4v) is 7.10. The topological polar surface area (TPSA) is 145 Å². The third-order valence-electron chi connectivity index (χ3n) is 8.72. The molecule has 10 heteroatoms. The van der Waals surface area contributed by atoms with Crippen LogP contribution in [0, 0.1) is 0 Å². The summed E-state index contributed by atoms with van der Waals surface area (Å²) in [6, 6.07) is 7.77. The van der Waals surface area contributed by atoms with Gasteiger partial charge in [-0.2, -0.15) is 8.42 Å². The van der Waals surface area contributed by atoms with Crippen molar-refractivity contribution < 1.29 is 37.8 Å². The summed E-state index contributed by atoms with van der Waals surface area (Å²) in [5, 5.41) is 33.6. The second-order valence-corrected chi connectivity index (χ2v) is 13.7. The third kappa shape index (κ3) is 5.89. The van der Waals surface area contributed by atoms with Crippen LogP contribution in [0.1, 0.15) is 81.3 Å². The smallest absolute Gasteiger partial charge is 0.291 e. The standard InChI is InChI=1S/C33H39NO8S/c1-19(2)9-7-10-20(3)11-8-14-33(4)29(37)16-24-26(35)15-23-25(31(24)42-33)18-34(32(23)38)30-22-13-6-5-12-21(22)28(17-27(30)36)43(39,40)41/h5-6,9,11-13,15,27,29,35-37H,7-8,10,14,16-18H2,1-4H3,(H,39,40,41)/b20-11+. The predicted octanol–water partition coefficient (Wildman–Crippen LogP) is 3.44. The third-order valence-corrected chi connectivity index (χ3v) is 9.73. The number of hydrogen-bond donors (Lipinski definition) is 4. The van der Waals surface area contributed by atoms with E-state index in [-0.39, 0.29) is 40.1 Å². The second-order valence-electron chi connectivity index (χ2n) is 12.2. The van der Waals surface area contributed by atoms with Crippen molar-refractivity contribution in [3.05, 3.63) is 80.8 Å². The van der Waals surface area contributed by atoms with E-state index in [1.165, 1.54) is 28.2 Å². The Morgan fingerprint density at radius 2 is 1.77 bits per heavy atom. The number of hydrogen-bond acceptors (Lipinski definition) is 7. The molecule has 9 nitrogen and oxygen atoms in total. The molecule has 2 heterocycles. The Balaban J connectivity index is 1.49. The summed E-state index contributed by atoms with van der Waals surface area (Å²) in [5.41, 5.74) is 2.95. The van der Waals surface area contributed by atoms with Crippen molar-refractivity contribution in [2.75, 3.05) is 0 Å². The SMILES string of the molecule is CC(C)=CCC/C(C)=C/CCC1(C)Oc2c(c(O)cc3c2CN(C2=c4ccccc4=C(S(=O)(=O)O)CC2O)C3=O)CC1O. The van der Waals surface area contributed by atoms with Gasteiger partial charge in [-0.15, -0.1) is 0 Å². The lowest BCUT2D eigenvalue weighted by molar-refractivity contribution is -0.0598. The van der Waals surface area contributed by atoms with Crippen LogP contribution in [0.2, 0.25) is 0 Å². The van der Waals surface area contributed by atoms with E-state index in [0.717, 1.165) is 12.8 Å². The number of carbonyl (C=O) groups excluding carboxylic acids is 1. The molecule has 4 N–H and O–H groups in total. The molecule has 3 atom stereocenters. The fraction of sp³-hybridized carbons (Fsp3) is 0.424. The molecule has 2 aliphatic heterocycles. The summed E-state index contributed by atoms with van der Waals surface area (Å²) >= 11 is 0. The van der Waals surface area contributed by atoms with Crippen LogP contribution >= 0.6 is 0 Å². The summed E-state index contributed by atoms with van der Waals surface area (Å²) in [6.07, 6.45) is 4.98. The quantitative estimate of drug-likeness (QED) is 0.263. The lowest BCUT2D eigenvalue weighted by atomic mass is 9.84. The molecule has 0 radical (unpaired) electrons. The number of phenols is 1. The average molecular weight is 610 g/mol. The minimum atomic E-state index is -4.59. The average Bonchev–Trinajstić information content (AvgIpc) is 3.24. The molecule has 3 unspecified atom stereocenters. The van der Waals surface area contributed by atoms with Gasteiger partial charge >= 0.3 is 0 Å². The van der Waals surface area contributed by atoms with E-state index in [2.05, 4.69) is 32.9 Å². The monoisotopic (exact) mass is 609 g/mol. The van der Waals surface area contributed by atoms with Crippen LogP contribution in [0.4, 0.5) is 0 Å². The number of carbonyl (C=O) groups is 1. The highest BCUT2D eigenvalue weighted by Crippen LogP contribution is 2.47. The lowest BCUT2D eigenvalue weighted by Gasteiger charge is -2.41. The first-order valence-corrected chi connectivity index (χ1v) is 16.0. The molecular formula is C33H39NO8S. The van der Waals surface area contributed by atoms with Gasteiger partial charge in [-0.25, -0.2) is 0 Å². The van der Waals surface area contributed by atoms with Crippen molar-refractivity contribution in [3.8, 4) is 11.5 Å². The molecule has 3 aliphatic rings. The summed E-state index contributed by atoms with van der Waals surface area (Å²) < 4.78 is 40.4. The van der Waals surface area contributed by atoms with E-state index in [4.69, 9.17) is 4.74 Å². The van der Waals surface area contributed by atoms with Crippen molar-refractivity contribution in [1.82, 2.24) is 4.90 Å². The number of fused-ring (bicyclic) bond motifs is 4. The molecule has 0 spiro atoms. The maximum absolute atomic E-state index is 13.8. The van der Waals surface area contributed by atoms with Crippen LogP contribution in [0.25, 0.3) is 10.6 Å². The van der Waals surface area contributed by atoms with Crippen LogP contribution in [-0.2, 0) is 23.1 Å². The zero-order valence-corrected chi connectivity index (χ0v) is 25.7. The predicted molar refractivity (Wildman–Crippen MR) is 163 cm³/mol. The van der Waals surface area contributed by atoms with Crippen LogP contribution in [-0.4, -0.2) is 56.9 Å². The van der Waals surface area contributed by atoms with Crippen LogP contribution in [0.5, 0.6) is 11.5 Å². The van der Waals surface area contributed by atoms with Gasteiger partial charge in [0.1, 0.15) is 17.1 Å². The van der Waals surface area contributed by atoms with Crippen molar-refractivity contribution in [3.63, 3.8) is 0 Å². The van der Waals surface area contributed by atoms with Gasteiger partial charge in [0, 0.05) is 34.4 Å². The number of aliphatic hydroxyl groups excluding tert-OH is 2. The van der Waals surface area contributed by atoms with E-state index in [9.17, 15) is 33.1 Å².